The number of hydrogen-bond donors (Lipinski definition) is 0. The van der Waals surface area contributed by atoms with Gasteiger partial charge in [0.25, 0.3) is 11.1 Å². The number of nitrogens with zero attached hydrogens (tertiary/aromatic N) is 1. The molecular weight excluding hydrogens is 402 g/mol. The lowest BCUT2D eigenvalue weighted by atomic mass is 10.2. The number of aryl methyl sites for hydroxylation is 1. The van der Waals surface area contributed by atoms with Crippen LogP contribution in [0, 0.1) is 6.92 Å². The molecule has 1 heterocycles. The van der Waals surface area contributed by atoms with Crippen LogP contribution < -0.4 is 14.2 Å². The Hall–Kier alpha value is -2.93. The second kappa shape index (κ2) is 9.71. The predicted octanol–water partition coefficient (Wildman–Crippen LogP) is 4.91. The molecule has 0 atom stereocenters. The third-order valence-electron chi connectivity index (χ3n) is 4.33. The molecule has 0 saturated carbocycles. The fourth-order valence-electron chi connectivity index (χ4n) is 2.86. The monoisotopic (exact) mass is 427 g/mol. The molecule has 0 spiro atoms. The normalized spacial score (nSPS) is 15.2. The molecule has 7 heteroatoms. The first-order valence-electron chi connectivity index (χ1n) is 9.67. The molecule has 30 heavy (non-hydrogen) atoms. The lowest BCUT2D eigenvalue weighted by Crippen LogP contribution is -2.32. The minimum Gasteiger partial charge on any atom is -0.493 e. The Labute approximate surface area is 180 Å². The number of benzene rings is 2. The first kappa shape index (κ1) is 21.8. The van der Waals surface area contributed by atoms with E-state index >= 15 is 0 Å². The van der Waals surface area contributed by atoms with Gasteiger partial charge in [-0.25, -0.2) is 0 Å². The highest BCUT2D eigenvalue weighted by molar-refractivity contribution is 8.18. The average Bonchev–Trinajstić information content (AvgIpc) is 2.97. The molecule has 1 aliphatic heterocycles. The highest BCUT2D eigenvalue weighted by atomic mass is 32.2. The number of hydrogen-bond acceptors (Lipinski definition) is 6. The number of carbonyl (C=O) groups is 2. The number of methoxy groups -OCH3 is 1. The number of thioether (sulfide) groups is 1. The Morgan fingerprint density at radius 2 is 1.80 bits per heavy atom. The fourth-order valence-corrected chi connectivity index (χ4v) is 3.72. The Morgan fingerprint density at radius 1 is 1.07 bits per heavy atom. The van der Waals surface area contributed by atoms with Crippen molar-refractivity contribution in [3.63, 3.8) is 0 Å². The first-order valence-corrected chi connectivity index (χ1v) is 10.5. The first-order chi connectivity index (χ1) is 14.4. The molecule has 1 aliphatic rings. The largest absolute Gasteiger partial charge is 0.493 e. The molecule has 3 rings (SSSR count). The van der Waals surface area contributed by atoms with Crippen molar-refractivity contribution in [1.82, 2.24) is 4.90 Å². The van der Waals surface area contributed by atoms with Crippen LogP contribution in [0.2, 0.25) is 0 Å². The SMILES string of the molecule is COc1cc(/C=C2\SC(=O)N(CCOc3ccc(C)cc3)C2=O)ccc1OC(C)C. The van der Waals surface area contributed by atoms with Gasteiger partial charge in [0.15, 0.2) is 11.5 Å². The van der Waals surface area contributed by atoms with Crippen molar-refractivity contribution in [1.29, 1.82) is 0 Å². The molecular formula is C23H25NO5S. The van der Waals surface area contributed by atoms with Crippen molar-refractivity contribution in [3.8, 4) is 17.2 Å². The molecule has 0 aromatic heterocycles. The summed E-state index contributed by atoms with van der Waals surface area (Å²) in [5, 5.41) is -0.300. The van der Waals surface area contributed by atoms with Gasteiger partial charge in [-0.15, -0.1) is 0 Å². The maximum absolute atomic E-state index is 12.7. The summed E-state index contributed by atoms with van der Waals surface area (Å²) in [5.41, 5.74) is 1.89. The van der Waals surface area contributed by atoms with E-state index < -0.39 is 0 Å². The summed E-state index contributed by atoms with van der Waals surface area (Å²) in [4.78, 5) is 26.6. The van der Waals surface area contributed by atoms with Crippen molar-refractivity contribution in [2.45, 2.75) is 26.9 Å². The van der Waals surface area contributed by atoms with Crippen molar-refractivity contribution >= 4 is 29.0 Å². The van der Waals surface area contributed by atoms with Gasteiger partial charge in [0.2, 0.25) is 0 Å². The van der Waals surface area contributed by atoms with Crippen molar-refractivity contribution < 1.29 is 23.8 Å². The van der Waals surface area contributed by atoms with Crippen LogP contribution in [0.3, 0.4) is 0 Å². The van der Waals surface area contributed by atoms with E-state index in [-0.39, 0.29) is 30.4 Å². The summed E-state index contributed by atoms with van der Waals surface area (Å²) >= 11 is 0.924. The minimum atomic E-state index is -0.320. The summed E-state index contributed by atoms with van der Waals surface area (Å²) in [6.07, 6.45) is 1.70. The predicted molar refractivity (Wildman–Crippen MR) is 118 cm³/mol. The number of rotatable bonds is 8. The summed E-state index contributed by atoms with van der Waals surface area (Å²) in [6, 6.07) is 13.0. The molecule has 2 aromatic rings. The number of amides is 2. The van der Waals surface area contributed by atoms with Crippen molar-refractivity contribution in [3.05, 3.63) is 58.5 Å². The molecule has 158 valence electrons. The van der Waals surface area contributed by atoms with Gasteiger partial charge in [-0.3, -0.25) is 14.5 Å². The molecule has 2 amide bonds. The Balaban J connectivity index is 1.66. The summed E-state index contributed by atoms with van der Waals surface area (Å²) in [7, 11) is 1.56. The van der Waals surface area contributed by atoms with Gasteiger partial charge < -0.3 is 14.2 Å². The average molecular weight is 428 g/mol. The van der Waals surface area contributed by atoms with Gasteiger partial charge >= 0.3 is 0 Å². The molecule has 0 N–H and O–H groups in total. The second-order valence-electron chi connectivity index (χ2n) is 7.07. The Bertz CT molecular complexity index is 953. The van der Waals surface area contributed by atoms with Crippen molar-refractivity contribution in [2.24, 2.45) is 0 Å². The van der Waals surface area contributed by atoms with E-state index in [1.165, 1.54) is 4.90 Å². The standard InChI is InChI=1S/C23H25NO5S/c1-15(2)29-19-10-7-17(13-20(19)27-4)14-21-22(25)24(23(26)30-21)11-12-28-18-8-5-16(3)6-9-18/h5-10,13-15H,11-12H2,1-4H3/b21-14-. The van der Waals surface area contributed by atoms with Gasteiger partial charge in [-0.05, 0) is 68.4 Å². The highest BCUT2D eigenvalue weighted by Gasteiger charge is 2.34. The van der Waals surface area contributed by atoms with Crippen LogP contribution in [0.15, 0.2) is 47.4 Å². The van der Waals surface area contributed by atoms with Gasteiger partial charge in [0.1, 0.15) is 12.4 Å². The smallest absolute Gasteiger partial charge is 0.293 e. The van der Waals surface area contributed by atoms with Crippen LogP contribution in [-0.2, 0) is 4.79 Å². The molecule has 0 unspecified atom stereocenters. The molecule has 2 aromatic carbocycles. The number of carbonyl (C=O) groups excluding carboxylic acids is 2. The van der Waals surface area contributed by atoms with Crippen LogP contribution in [0.5, 0.6) is 17.2 Å². The second-order valence-corrected chi connectivity index (χ2v) is 8.06. The summed E-state index contributed by atoms with van der Waals surface area (Å²) in [6.45, 7) is 6.30. The lowest BCUT2D eigenvalue weighted by Gasteiger charge is -2.14. The van der Waals surface area contributed by atoms with E-state index in [9.17, 15) is 9.59 Å². The number of imide groups is 1. The summed E-state index contributed by atoms with van der Waals surface area (Å²) < 4.78 is 16.7. The Morgan fingerprint density at radius 3 is 2.47 bits per heavy atom. The highest BCUT2D eigenvalue weighted by Crippen LogP contribution is 2.34. The van der Waals surface area contributed by atoms with Gasteiger partial charge in [-0.2, -0.15) is 0 Å². The third kappa shape index (κ3) is 5.36. The molecule has 0 bridgehead atoms. The molecule has 6 nitrogen and oxygen atoms in total. The Kier molecular flexibility index (Phi) is 7.05. The van der Waals surface area contributed by atoms with Gasteiger partial charge in [-0.1, -0.05) is 23.8 Å². The van der Waals surface area contributed by atoms with E-state index in [0.29, 0.717) is 22.2 Å². The van der Waals surface area contributed by atoms with Crippen molar-refractivity contribution in [2.75, 3.05) is 20.3 Å². The maximum atomic E-state index is 12.7. The van der Waals surface area contributed by atoms with Gasteiger partial charge in [0, 0.05) is 0 Å². The van der Waals surface area contributed by atoms with E-state index in [4.69, 9.17) is 14.2 Å². The van der Waals surface area contributed by atoms with Gasteiger partial charge in [0.05, 0.1) is 24.7 Å². The quantitative estimate of drug-likeness (QED) is 0.558. The summed E-state index contributed by atoms with van der Waals surface area (Å²) in [5.74, 6) is 1.59. The van der Waals surface area contributed by atoms with E-state index in [2.05, 4.69) is 0 Å². The molecule has 0 aliphatic carbocycles. The van der Waals surface area contributed by atoms with E-state index in [1.807, 2.05) is 51.1 Å². The zero-order valence-corrected chi connectivity index (χ0v) is 18.3. The fraction of sp³-hybridized carbons (Fsp3) is 0.304. The third-order valence-corrected chi connectivity index (χ3v) is 5.23. The topological polar surface area (TPSA) is 65.1 Å². The van der Waals surface area contributed by atoms with Crippen LogP contribution in [-0.4, -0.2) is 42.4 Å². The molecule has 0 radical (unpaired) electrons. The maximum Gasteiger partial charge on any atom is 0.293 e. The van der Waals surface area contributed by atoms with Crippen LogP contribution in [0.25, 0.3) is 6.08 Å². The van der Waals surface area contributed by atoms with E-state index in [1.54, 1.807) is 25.3 Å². The zero-order chi connectivity index (χ0) is 21.7. The van der Waals surface area contributed by atoms with Crippen LogP contribution in [0.1, 0.15) is 25.0 Å². The minimum absolute atomic E-state index is 0.0170. The number of ether oxygens (including phenoxy) is 3. The molecule has 1 saturated heterocycles. The van der Waals surface area contributed by atoms with E-state index in [0.717, 1.165) is 22.9 Å². The molecule has 1 fully saturated rings. The zero-order valence-electron chi connectivity index (χ0n) is 17.5. The van der Waals surface area contributed by atoms with Crippen LogP contribution in [0.4, 0.5) is 4.79 Å². The lowest BCUT2D eigenvalue weighted by molar-refractivity contribution is -0.123. The van der Waals surface area contributed by atoms with Crippen LogP contribution >= 0.6 is 11.8 Å².